The number of nitrogens with zero attached hydrogens (tertiary/aromatic N) is 2. The Kier molecular flexibility index (Phi) is 7.74. The maximum atomic E-state index is 13.3. The van der Waals surface area contributed by atoms with Crippen molar-refractivity contribution in [3.63, 3.8) is 0 Å². The number of carbonyl (C=O) groups is 1. The lowest BCUT2D eigenvalue weighted by Gasteiger charge is -2.31. The molecular weight excluding hydrogens is 350 g/mol. The second-order valence-corrected chi connectivity index (χ2v) is 8.31. The molecule has 3 aliphatic rings. The Morgan fingerprint density at radius 1 is 1.43 bits per heavy atom. The zero-order valence-corrected chi connectivity index (χ0v) is 17.6. The average molecular weight is 388 g/mol. The summed E-state index contributed by atoms with van der Waals surface area (Å²) >= 11 is 0. The summed E-state index contributed by atoms with van der Waals surface area (Å²) in [6.07, 6.45) is 14.1. The molecule has 1 aliphatic carbocycles. The van der Waals surface area contributed by atoms with Gasteiger partial charge in [0, 0.05) is 51.5 Å². The molecule has 5 heteroatoms. The Hall–Kier alpha value is -1.59. The summed E-state index contributed by atoms with van der Waals surface area (Å²) in [5.41, 5.74) is 1.34. The lowest BCUT2D eigenvalue weighted by atomic mass is 9.92. The second kappa shape index (κ2) is 10.3. The van der Waals surface area contributed by atoms with Gasteiger partial charge in [0.05, 0.1) is 12.0 Å². The van der Waals surface area contributed by atoms with Crippen LogP contribution in [0.15, 0.2) is 36.6 Å². The summed E-state index contributed by atoms with van der Waals surface area (Å²) in [5, 5.41) is 3.40. The van der Waals surface area contributed by atoms with Gasteiger partial charge in [-0.25, -0.2) is 0 Å². The lowest BCUT2D eigenvalue weighted by molar-refractivity contribution is -0.136. The van der Waals surface area contributed by atoms with E-state index in [1.165, 1.54) is 5.57 Å². The molecule has 1 saturated carbocycles. The van der Waals surface area contributed by atoms with Gasteiger partial charge < -0.3 is 19.9 Å². The summed E-state index contributed by atoms with van der Waals surface area (Å²) in [4.78, 5) is 17.8. The number of piperidine rings is 1. The minimum absolute atomic E-state index is 0.143. The molecule has 3 rings (SSSR count). The molecule has 1 amide bonds. The van der Waals surface area contributed by atoms with Gasteiger partial charge in [0.1, 0.15) is 0 Å². The molecule has 1 N–H and O–H groups in total. The Morgan fingerprint density at radius 3 is 2.86 bits per heavy atom. The van der Waals surface area contributed by atoms with E-state index in [0.29, 0.717) is 17.9 Å². The maximum Gasteiger partial charge on any atom is 0.227 e. The van der Waals surface area contributed by atoms with Crippen LogP contribution >= 0.6 is 0 Å². The monoisotopic (exact) mass is 387 g/mol. The first kappa shape index (κ1) is 21.1. The fourth-order valence-electron chi connectivity index (χ4n) is 4.56. The van der Waals surface area contributed by atoms with Gasteiger partial charge in [-0.15, -0.1) is 6.58 Å². The van der Waals surface area contributed by atoms with E-state index in [1.54, 1.807) is 7.11 Å². The van der Waals surface area contributed by atoms with Crippen molar-refractivity contribution in [2.24, 2.45) is 11.8 Å². The molecule has 2 aliphatic heterocycles. The standard InChI is InChI=1S/C23H37N3O2/c1-4-8-21-19(16-25(22(21)5-2)13-7-14-28-3)17-26(20-10-11-20)23(27)18-9-6-12-24-15-18/h4-5,8,16,18,20-22,24H,2,6-7,9-15,17H2,1,3H3/b8-4-/t18-,21?,22?/m1/s1. The molecule has 0 aromatic carbocycles. The van der Waals surface area contributed by atoms with Gasteiger partial charge in [0.2, 0.25) is 5.91 Å². The lowest BCUT2D eigenvalue weighted by Crippen LogP contribution is -2.45. The fourth-order valence-corrected chi connectivity index (χ4v) is 4.56. The molecule has 0 aromatic rings. The summed E-state index contributed by atoms with van der Waals surface area (Å²) in [5.74, 6) is 0.788. The van der Waals surface area contributed by atoms with Crippen molar-refractivity contribution in [2.75, 3.05) is 39.9 Å². The molecule has 2 fully saturated rings. The zero-order valence-electron chi connectivity index (χ0n) is 17.6. The molecule has 28 heavy (non-hydrogen) atoms. The minimum atomic E-state index is 0.143. The Morgan fingerprint density at radius 2 is 2.25 bits per heavy atom. The van der Waals surface area contributed by atoms with Crippen LogP contribution in [0.25, 0.3) is 0 Å². The highest BCUT2D eigenvalue weighted by atomic mass is 16.5. The van der Waals surface area contributed by atoms with Gasteiger partial charge >= 0.3 is 0 Å². The number of nitrogens with one attached hydrogen (secondary N) is 1. The molecule has 2 heterocycles. The van der Waals surface area contributed by atoms with Crippen LogP contribution in [-0.2, 0) is 9.53 Å². The van der Waals surface area contributed by atoms with Crippen molar-refractivity contribution in [3.8, 4) is 0 Å². The van der Waals surface area contributed by atoms with Gasteiger partial charge in [-0.3, -0.25) is 4.79 Å². The number of ether oxygens (including phenoxy) is 1. The van der Waals surface area contributed by atoms with Crippen LogP contribution in [0.3, 0.4) is 0 Å². The molecule has 0 spiro atoms. The van der Waals surface area contributed by atoms with Crippen LogP contribution in [0.2, 0.25) is 0 Å². The normalized spacial score (nSPS) is 27.9. The number of hydrogen-bond donors (Lipinski definition) is 1. The smallest absolute Gasteiger partial charge is 0.227 e. The number of allylic oxidation sites excluding steroid dienone is 1. The summed E-state index contributed by atoms with van der Waals surface area (Å²) in [6.45, 7) is 10.5. The Bertz CT molecular complexity index is 591. The van der Waals surface area contributed by atoms with Crippen LogP contribution in [0.5, 0.6) is 0 Å². The summed E-state index contributed by atoms with van der Waals surface area (Å²) < 4.78 is 5.23. The van der Waals surface area contributed by atoms with Crippen molar-refractivity contribution >= 4 is 5.91 Å². The zero-order chi connectivity index (χ0) is 19.9. The molecule has 5 nitrogen and oxygen atoms in total. The highest BCUT2D eigenvalue weighted by Gasteiger charge is 2.39. The highest BCUT2D eigenvalue weighted by molar-refractivity contribution is 5.80. The van der Waals surface area contributed by atoms with Crippen molar-refractivity contribution < 1.29 is 9.53 Å². The van der Waals surface area contributed by atoms with E-state index >= 15 is 0 Å². The van der Waals surface area contributed by atoms with Crippen molar-refractivity contribution in [1.29, 1.82) is 0 Å². The van der Waals surface area contributed by atoms with Gasteiger partial charge in [0.15, 0.2) is 0 Å². The number of rotatable bonds is 10. The van der Waals surface area contributed by atoms with E-state index in [0.717, 1.165) is 64.9 Å². The van der Waals surface area contributed by atoms with Crippen molar-refractivity contribution in [2.45, 2.75) is 51.1 Å². The molecule has 2 unspecified atom stereocenters. The highest BCUT2D eigenvalue weighted by Crippen LogP contribution is 2.35. The number of hydrogen-bond acceptors (Lipinski definition) is 4. The maximum absolute atomic E-state index is 13.3. The first-order valence-corrected chi connectivity index (χ1v) is 10.9. The van der Waals surface area contributed by atoms with Crippen molar-refractivity contribution in [3.05, 3.63) is 36.6 Å². The third-order valence-electron chi connectivity index (χ3n) is 6.19. The summed E-state index contributed by atoms with van der Waals surface area (Å²) in [6, 6.07) is 0.696. The largest absolute Gasteiger partial charge is 0.385 e. The Labute approximate surface area is 170 Å². The van der Waals surface area contributed by atoms with Crippen LogP contribution in [0, 0.1) is 11.8 Å². The van der Waals surface area contributed by atoms with E-state index in [1.807, 2.05) is 0 Å². The average Bonchev–Trinajstić information content (AvgIpc) is 3.51. The molecule has 0 bridgehead atoms. The first-order chi connectivity index (χ1) is 13.7. The third-order valence-corrected chi connectivity index (χ3v) is 6.19. The van der Waals surface area contributed by atoms with Gasteiger partial charge in [-0.1, -0.05) is 18.2 Å². The number of amides is 1. The van der Waals surface area contributed by atoms with E-state index < -0.39 is 0 Å². The van der Waals surface area contributed by atoms with Crippen molar-refractivity contribution in [1.82, 2.24) is 15.1 Å². The molecule has 3 atom stereocenters. The second-order valence-electron chi connectivity index (χ2n) is 8.31. The van der Waals surface area contributed by atoms with Gasteiger partial charge in [0.25, 0.3) is 0 Å². The third kappa shape index (κ3) is 5.06. The molecule has 0 radical (unpaired) electrons. The van der Waals surface area contributed by atoms with Crippen LogP contribution in [0.4, 0.5) is 0 Å². The van der Waals surface area contributed by atoms with E-state index in [-0.39, 0.29) is 12.0 Å². The van der Waals surface area contributed by atoms with Gasteiger partial charge in [-0.05, 0) is 51.1 Å². The topological polar surface area (TPSA) is 44.8 Å². The van der Waals surface area contributed by atoms with E-state index in [4.69, 9.17) is 4.74 Å². The minimum Gasteiger partial charge on any atom is -0.385 e. The predicted molar refractivity (Wildman–Crippen MR) is 114 cm³/mol. The fraction of sp³-hybridized carbons (Fsp3) is 0.696. The van der Waals surface area contributed by atoms with Gasteiger partial charge in [-0.2, -0.15) is 0 Å². The molecular formula is C23H37N3O2. The van der Waals surface area contributed by atoms with Crippen LogP contribution in [0.1, 0.15) is 39.0 Å². The molecule has 0 aromatic heterocycles. The number of methoxy groups -OCH3 is 1. The first-order valence-electron chi connectivity index (χ1n) is 10.9. The molecule has 1 saturated heterocycles. The SMILES string of the molecule is C=CC1C(/C=C\C)C(CN(C(=O)[C@@H]2CCCNC2)C2CC2)=CN1CCCOC. The van der Waals surface area contributed by atoms with E-state index in [9.17, 15) is 4.79 Å². The van der Waals surface area contributed by atoms with Crippen LogP contribution in [-0.4, -0.2) is 67.7 Å². The predicted octanol–water partition coefficient (Wildman–Crippen LogP) is 2.96. The summed E-state index contributed by atoms with van der Waals surface area (Å²) in [7, 11) is 1.75. The number of carbonyl (C=O) groups excluding carboxylic acids is 1. The van der Waals surface area contributed by atoms with E-state index in [2.05, 4.69) is 53.0 Å². The Balaban J connectivity index is 1.74. The molecule has 156 valence electrons. The van der Waals surface area contributed by atoms with Crippen LogP contribution < -0.4 is 5.32 Å². The quantitative estimate of drug-likeness (QED) is 0.462.